The van der Waals surface area contributed by atoms with Crippen LogP contribution >= 0.6 is 0 Å². The molecule has 1 aromatic heterocycles. The van der Waals surface area contributed by atoms with Crippen molar-refractivity contribution < 1.29 is 14.3 Å². The first-order chi connectivity index (χ1) is 7.88. The number of esters is 1. The van der Waals surface area contributed by atoms with Gasteiger partial charge in [-0.2, -0.15) is 0 Å². The molecule has 0 bridgehead atoms. The highest BCUT2D eigenvalue weighted by molar-refractivity contribution is 5.93. The van der Waals surface area contributed by atoms with Crippen molar-refractivity contribution in [1.82, 2.24) is 9.13 Å². The molecule has 0 unspecified atom stereocenters. The molecule has 0 saturated heterocycles. The van der Waals surface area contributed by atoms with Crippen LogP contribution in [0.3, 0.4) is 0 Å². The summed E-state index contributed by atoms with van der Waals surface area (Å²) in [6, 6.07) is 0. The molecule has 1 heterocycles. The average molecular weight is 240 g/mol. The molecule has 1 rings (SSSR count). The molecule has 17 heavy (non-hydrogen) atoms. The number of carbonyl (C=O) groups excluding carboxylic acids is 2. The third kappa shape index (κ3) is 2.49. The number of carbonyl (C=O) groups is 2. The van der Waals surface area contributed by atoms with Gasteiger partial charge < -0.3 is 4.74 Å². The van der Waals surface area contributed by atoms with E-state index in [9.17, 15) is 19.2 Å². The van der Waals surface area contributed by atoms with E-state index < -0.39 is 23.0 Å². The van der Waals surface area contributed by atoms with Gasteiger partial charge >= 0.3 is 11.7 Å². The lowest BCUT2D eigenvalue weighted by atomic mass is 10.2. The molecule has 0 aliphatic carbocycles. The van der Waals surface area contributed by atoms with Gasteiger partial charge in [-0.25, -0.2) is 4.79 Å². The summed E-state index contributed by atoms with van der Waals surface area (Å²) < 4.78 is 6.15. The summed E-state index contributed by atoms with van der Waals surface area (Å²) in [6.07, 6.45) is 1.07. The number of ketones is 1. The fourth-order valence-electron chi connectivity index (χ4n) is 1.28. The van der Waals surface area contributed by atoms with E-state index in [1.807, 2.05) is 0 Å². The van der Waals surface area contributed by atoms with Crippen molar-refractivity contribution in [2.45, 2.75) is 13.5 Å². The standard InChI is InChI=1S/C10H12N2O5/c1-6(13)7-4-12(5-8(14)17-3)10(16)11(2)9(7)15/h4H,5H2,1-3H3. The Morgan fingerprint density at radius 3 is 2.41 bits per heavy atom. The van der Waals surface area contributed by atoms with Gasteiger partial charge in [-0.3, -0.25) is 23.5 Å². The minimum Gasteiger partial charge on any atom is -0.468 e. The lowest BCUT2D eigenvalue weighted by molar-refractivity contribution is -0.141. The Hall–Kier alpha value is -2.18. The second kappa shape index (κ2) is 4.77. The van der Waals surface area contributed by atoms with Crippen LogP contribution in [0.2, 0.25) is 0 Å². The zero-order valence-electron chi connectivity index (χ0n) is 9.72. The first kappa shape index (κ1) is 12.9. The van der Waals surface area contributed by atoms with Crippen molar-refractivity contribution in [2.24, 2.45) is 7.05 Å². The molecule has 0 aromatic carbocycles. The van der Waals surface area contributed by atoms with Crippen LogP contribution in [0.15, 0.2) is 15.8 Å². The normalized spacial score (nSPS) is 10.1. The summed E-state index contributed by atoms with van der Waals surface area (Å²) >= 11 is 0. The highest BCUT2D eigenvalue weighted by atomic mass is 16.5. The zero-order chi connectivity index (χ0) is 13.2. The molecule has 1 aromatic rings. The zero-order valence-corrected chi connectivity index (χ0v) is 9.72. The molecule has 0 aliphatic rings. The van der Waals surface area contributed by atoms with Crippen molar-refractivity contribution in [1.29, 1.82) is 0 Å². The summed E-state index contributed by atoms with van der Waals surface area (Å²) in [5.74, 6) is -1.11. The van der Waals surface area contributed by atoms with Gasteiger partial charge in [0.05, 0.1) is 12.7 Å². The number of nitrogens with zero attached hydrogens (tertiary/aromatic N) is 2. The molecule has 0 spiro atoms. The first-order valence-corrected chi connectivity index (χ1v) is 4.76. The van der Waals surface area contributed by atoms with Gasteiger partial charge in [0.25, 0.3) is 5.56 Å². The average Bonchev–Trinajstić information content (AvgIpc) is 2.29. The molecule has 0 radical (unpaired) electrons. The summed E-state index contributed by atoms with van der Waals surface area (Å²) in [6.45, 7) is 0.868. The summed E-state index contributed by atoms with van der Waals surface area (Å²) in [7, 11) is 2.42. The molecule has 0 N–H and O–H groups in total. The molecule has 0 saturated carbocycles. The van der Waals surface area contributed by atoms with Crippen molar-refractivity contribution in [3.63, 3.8) is 0 Å². The first-order valence-electron chi connectivity index (χ1n) is 4.76. The van der Waals surface area contributed by atoms with Crippen LogP contribution in [-0.4, -0.2) is 28.0 Å². The number of hydrogen-bond acceptors (Lipinski definition) is 5. The van der Waals surface area contributed by atoms with Crippen LogP contribution < -0.4 is 11.2 Å². The van der Waals surface area contributed by atoms with Gasteiger partial charge in [0.15, 0.2) is 5.78 Å². The Kier molecular flexibility index (Phi) is 3.62. The van der Waals surface area contributed by atoms with E-state index in [1.165, 1.54) is 21.1 Å². The maximum atomic E-state index is 11.6. The van der Waals surface area contributed by atoms with E-state index in [4.69, 9.17) is 0 Å². The molecule has 92 valence electrons. The Morgan fingerprint density at radius 2 is 1.94 bits per heavy atom. The topological polar surface area (TPSA) is 87.4 Å². The largest absolute Gasteiger partial charge is 0.468 e. The molecular formula is C10H12N2O5. The van der Waals surface area contributed by atoms with Crippen molar-refractivity contribution in [3.8, 4) is 0 Å². The van der Waals surface area contributed by atoms with E-state index in [1.54, 1.807) is 0 Å². The Labute approximate surface area is 96.2 Å². The molecule has 0 amide bonds. The van der Waals surface area contributed by atoms with E-state index in [-0.39, 0.29) is 12.1 Å². The van der Waals surface area contributed by atoms with Crippen LogP contribution in [0.25, 0.3) is 0 Å². The quantitative estimate of drug-likeness (QED) is 0.495. The second-order valence-electron chi connectivity index (χ2n) is 3.45. The molecule has 0 aliphatic heterocycles. The fourth-order valence-corrected chi connectivity index (χ4v) is 1.28. The third-order valence-corrected chi connectivity index (χ3v) is 2.26. The minimum atomic E-state index is -0.677. The summed E-state index contributed by atoms with van der Waals surface area (Å²) in [5.41, 5.74) is -1.50. The smallest absolute Gasteiger partial charge is 0.331 e. The van der Waals surface area contributed by atoms with Crippen molar-refractivity contribution in [2.75, 3.05) is 7.11 Å². The lowest BCUT2D eigenvalue weighted by Crippen LogP contribution is -2.41. The lowest BCUT2D eigenvalue weighted by Gasteiger charge is -2.07. The van der Waals surface area contributed by atoms with E-state index in [0.29, 0.717) is 0 Å². The maximum absolute atomic E-state index is 11.6. The SMILES string of the molecule is COC(=O)Cn1cc(C(C)=O)c(=O)n(C)c1=O. The molecule has 0 atom stereocenters. The Balaban J connectivity index is 3.43. The monoisotopic (exact) mass is 240 g/mol. The maximum Gasteiger partial charge on any atom is 0.331 e. The Morgan fingerprint density at radius 1 is 1.35 bits per heavy atom. The number of aromatic nitrogens is 2. The predicted molar refractivity (Wildman–Crippen MR) is 58.0 cm³/mol. The van der Waals surface area contributed by atoms with Crippen LogP contribution in [0, 0.1) is 0 Å². The number of ether oxygens (including phenoxy) is 1. The van der Waals surface area contributed by atoms with Gasteiger partial charge in [-0.1, -0.05) is 0 Å². The predicted octanol–water partition coefficient (Wildman–Crippen LogP) is -1.08. The number of rotatable bonds is 3. The van der Waals surface area contributed by atoms with E-state index in [0.717, 1.165) is 15.3 Å². The van der Waals surface area contributed by atoms with E-state index in [2.05, 4.69) is 4.74 Å². The van der Waals surface area contributed by atoms with Gasteiger partial charge in [0.1, 0.15) is 6.54 Å². The summed E-state index contributed by atoms with van der Waals surface area (Å²) in [4.78, 5) is 45.4. The third-order valence-electron chi connectivity index (χ3n) is 2.26. The van der Waals surface area contributed by atoms with Crippen LogP contribution in [0.5, 0.6) is 0 Å². The second-order valence-corrected chi connectivity index (χ2v) is 3.45. The number of Topliss-reactive ketones (excluding diaryl/α,β-unsaturated/α-hetero) is 1. The highest BCUT2D eigenvalue weighted by Crippen LogP contribution is 1.91. The highest BCUT2D eigenvalue weighted by Gasteiger charge is 2.13. The molecule has 0 fully saturated rings. The van der Waals surface area contributed by atoms with E-state index >= 15 is 0 Å². The van der Waals surface area contributed by atoms with Crippen LogP contribution in [-0.2, 0) is 23.1 Å². The van der Waals surface area contributed by atoms with Crippen molar-refractivity contribution >= 4 is 11.8 Å². The number of hydrogen-bond donors (Lipinski definition) is 0. The van der Waals surface area contributed by atoms with Crippen LogP contribution in [0.4, 0.5) is 0 Å². The van der Waals surface area contributed by atoms with Gasteiger partial charge in [-0.15, -0.1) is 0 Å². The van der Waals surface area contributed by atoms with Crippen molar-refractivity contribution in [3.05, 3.63) is 32.6 Å². The molecule has 7 nitrogen and oxygen atoms in total. The Bertz CT molecular complexity index is 581. The van der Waals surface area contributed by atoms with Gasteiger partial charge in [0, 0.05) is 13.2 Å². The summed E-state index contributed by atoms with van der Waals surface area (Å²) in [5, 5.41) is 0. The number of methoxy groups -OCH3 is 1. The van der Waals surface area contributed by atoms with Gasteiger partial charge in [-0.05, 0) is 6.92 Å². The minimum absolute atomic E-state index is 0.143. The van der Waals surface area contributed by atoms with Gasteiger partial charge in [0.2, 0.25) is 0 Å². The van der Waals surface area contributed by atoms with Crippen LogP contribution in [0.1, 0.15) is 17.3 Å². The molecular weight excluding hydrogens is 228 g/mol. The fraction of sp³-hybridized carbons (Fsp3) is 0.400. The molecule has 7 heteroatoms.